The van der Waals surface area contributed by atoms with Gasteiger partial charge in [0.2, 0.25) is 0 Å². The van der Waals surface area contributed by atoms with Crippen LogP contribution in [0.5, 0.6) is 0 Å². The Morgan fingerprint density at radius 3 is 2.77 bits per heavy atom. The van der Waals surface area contributed by atoms with E-state index in [1.807, 2.05) is 23.1 Å². The van der Waals surface area contributed by atoms with Gasteiger partial charge in [-0.3, -0.25) is 0 Å². The molecule has 1 unspecified atom stereocenters. The number of rotatable bonds is 3. The molecule has 1 fully saturated rings. The number of aryl methyl sites for hydroxylation is 1. The van der Waals surface area contributed by atoms with E-state index in [-0.39, 0.29) is 24.0 Å². The number of nitrogens with two attached hydrogens (primary N) is 1. The fraction of sp³-hybridized carbons (Fsp3) is 0.474. The van der Waals surface area contributed by atoms with Gasteiger partial charge in [0.05, 0.1) is 12.2 Å². The van der Waals surface area contributed by atoms with Gasteiger partial charge in [-0.1, -0.05) is 30.3 Å². The molecule has 2 aromatic rings. The third kappa shape index (κ3) is 4.72. The molecule has 1 aliphatic carbocycles. The highest BCUT2D eigenvalue weighted by atomic mass is 127. The minimum absolute atomic E-state index is 0. The summed E-state index contributed by atoms with van der Waals surface area (Å²) in [6.45, 7) is 2.63. The lowest BCUT2D eigenvalue weighted by atomic mass is 9.85. The van der Waals surface area contributed by atoms with Gasteiger partial charge in [-0.05, 0) is 30.7 Å². The molecule has 26 heavy (non-hydrogen) atoms. The summed E-state index contributed by atoms with van der Waals surface area (Å²) in [4.78, 5) is 13.1. The van der Waals surface area contributed by atoms with E-state index in [0.717, 1.165) is 42.4 Å². The number of nitrogens with zero attached hydrogens (tertiary/aromatic N) is 3. The number of thioether (sulfide) groups is 1. The highest BCUT2D eigenvalue weighted by Gasteiger charge is 2.23. The first-order chi connectivity index (χ1) is 12.3. The number of thiazole rings is 1. The van der Waals surface area contributed by atoms with Crippen LogP contribution in [-0.2, 0) is 19.4 Å². The summed E-state index contributed by atoms with van der Waals surface area (Å²) < 4.78 is 0. The Hall–Kier alpha value is -0.800. The Kier molecular flexibility index (Phi) is 7.22. The molecule has 4 nitrogen and oxygen atoms in total. The third-order valence-corrected chi connectivity index (χ3v) is 7.01. The molecule has 1 saturated heterocycles. The van der Waals surface area contributed by atoms with E-state index in [2.05, 4.69) is 40.2 Å². The summed E-state index contributed by atoms with van der Waals surface area (Å²) in [7, 11) is 0. The summed E-state index contributed by atoms with van der Waals surface area (Å²) in [6, 6.07) is 10.9. The number of fused-ring (bicyclic) bond motifs is 1. The van der Waals surface area contributed by atoms with Crippen LogP contribution < -0.4 is 5.73 Å². The molecule has 7 heteroatoms. The van der Waals surface area contributed by atoms with Crippen molar-refractivity contribution in [3.63, 3.8) is 0 Å². The molecule has 2 N–H and O–H groups in total. The number of halogens is 1. The van der Waals surface area contributed by atoms with Crippen molar-refractivity contribution in [1.82, 2.24) is 9.88 Å². The van der Waals surface area contributed by atoms with Crippen molar-refractivity contribution < 1.29 is 0 Å². The van der Waals surface area contributed by atoms with Crippen molar-refractivity contribution in [2.24, 2.45) is 10.7 Å². The Balaban J connectivity index is 0.00000196. The van der Waals surface area contributed by atoms with Gasteiger partial charge in [0.1, 0.15) is 5.01 Å². The fourth-order valence-corrected chi connectivity index (χ4v) is 5.57. The molecular weight excluding hydrogens is 475 g/mol. The van der Waals surface area contributed by atoms with E-state index in [4.69, 9.17) is 10.7 Å². The van der Waals surface area contributed by atoms with E-state index in [1.165, 1.54) is 22.6 Å². The fourth-order valence-electron chi connectivity index (χ4n) is 3.55. The lowest BCUT2D eigenvalue weighted by Crippen LogP contribution is -2.42. The van der Waals surface area contributed by atoms with Gasteiger partial charge in [0.15, 0.2) is 5.96 Å². The molecule has 1 aromatic carbocycles. The van der Waals surface area contributed by atoms with Crippen LogP contribution in [-0.4, -0.2) is 40.4 Å². The zero-order chi connectivity index (χ0) is 17.1. The summed E-state index contributed by atoms with van der Waals surface area (Å²) in [6.07, 6.45) is 3.38. The zero-order valence-electron chi connectivity index (χ0n) is 14.8. The summed E-state index contributed by atoms with van der Waals surface area (Å²) in [5, 5.41) is 1.10. The molecule has 0 saturated carbocycles. The van der Waals surface area contributed by atoms with E-state index in [1.54, 1.807) is 0 Å². The molecule has 1 aliphatic heterocycles. The maximum atomic E-state index is 6.16. The topological polar surface area (TPSA) is 54.5 Å². The molecule has 2 heterocycles. The number of hydrogen-bond donors (Lipinski definition) is 1. The number of benzene rings is 1. The SMILES string of the molecule is I.NC(=NCc1nc2c(s1)CC(c1ccccc1)CC2)N1CCSCC1. The summed E-state index contributed by atoms with van der Waals surface area (Å²) >= 11 is 3.81. The standard InChI is InChI=1S/C19H24N4S2.HI/c20-19(23-8-10-24-11-9-23)21-13-18-22-16-7-6-15(12-17(16)25-18)14-4-2-1-3-5-14;/h1-5,15H,6-13H2,(H2,20,21);1H. The second-order valence-corrected chi connectivity index (χ2v) is 8.99. The Labute approximate surface area is 180 Å². The smallest absolute Gasteiger partial charge is 0.191 e. The molecule has 1 atom stereocenters. The minimum atomic E-state index is 0. The Bertz CT molecular complexity index is 741. The van der Waals surface area contributed by atoms with Crippen molar-refractivity contribution in [2.75, 3.05) is 24.6 Å². The van der Waals surface area contributed by atoms with Crippen LogP contribution in [0.2, 0.25) is 0 Å². The molecule has 2 aliphatic rings. The van der Waals surface area contributed by atoms with Gasteiger partial charge >= 0.3 is 0 Å². The molecule has 4 rings (SSSR count). The highest BCUT2D eigenvalue weighted by Crippen LogP contribution is 2.35. The second-order valence-electron chi connectivity index (χ2n) is 6.60. The molecular formula is C19H25IN4S2. The van der Waals surface area contributed by atoms with Crippen LogP contribution in [0.1, 0.15) is 33.5 Å². The largest absolute Gasteiger partial charge is 0.370 e. The Morgan fingerprint density at radius 2 is 2.00 bits per heavy atom. The van der Waals surface area contributed by atoms with E-state index >= 15 is 0 Å². The van der Waals surface area contributed by atoms with E-state index < -0.39 is 0 Å². The normalized spacial score (nSPS) is 20.4. The lowest BCUT2D eigenvalue weighted by Gasteiger charge is -2.27. The Morgan fingerprint density at radius 1 is 1.23 bits per heavy atom. The molecule has 0 bridgehead atoms. The van der Waals surface area contributed by atoms with Crippen LogP contribution in [0.15, 0.2) is 35.3 Å². The highest BCUT2D eigenvalue weighted by molar-refractivity contribution is 14.0. The first-order valence-corrected chi connectivity index (χ1v) is 10.9. The molecule has 0 spiro atoms. The number of guanidine groups is 1. The molecule has 0 radical (unpaired) electrons. The summed E-state index contributed by atoms with van der Waals surface area (Å²) in [5.41, 5.74) is 8.90. The van der Waals surface area contributed by atoms with E-state index in [0.29, 0.717) is 18.4 Å². The second kappa shape index (κ2) is 9.41. The maximum Gasteiger partial charge on any atom is 0.191 e. The van der Waals surface area contributed by atoms with Gasteiger partial charge < -0.3 is 10.6 Å². The van der Waals surface area contributed by atoms with Gasteiger partial charge in [-0.15, -0.1) is 35.3 Å². The maximum absolute atomic E-state index is 6.16. The van der Waals surface area contributed by atoms with Crippen molar-refractivity contribution in [2.45, 2.75) is 31.7 Å². The van der Waals surface area contributed by atoms with Crippen LogP contribution in [0.4, 0.5) is 0 Å². The first kappa shape index (κ1) is 19.9. The number of aromatic nitrogens is 1. The lowest BCUT2D eigenvalue weighted by molar-refractivity contribution is 0.455. The quantitative estimate of drug-likeness (QED) is 0.395. The first-order valence-electron chi connectivity index (χ1n) is 8.94. The zero-order valence-corrected chi connectivity index (χ0v) is 18.7. The molecule has 0 amide bonds. The van der Waals surface area contributed by atoms with Gasteiger partial charge in [0.25, 0.3) is 0 Å². The predicted molar refractivity (Wildman–Crippen MR) is 123 cm³/mol. The van der Waals surface area contributed by atoms with Gasteiger partial charge in [0, 0.05) is 29.5 Å². The van der Waals surface area contributed by atoms with Crippen LogP contribution >= 0.6 is 47.1 Å². The van der Waals surface area contributed by atoms with Crippen LogP contribution in [0.25, 0.3) is 0 Å². The number of aliphatic imine (C=N–C) groups is 1. The molecule has 140 valence electrons. The summed E-state index contributed by atoms with van der Waals surface area (Å²) in [5.74, 6) is 3.59. The van der Waals surface area contributed by atoms with Crippen molar-refractivity contribution in [1.29, 1.82) is 0 Å². The molecule has 1 aromatic heterocycles. The third-order valence-electron chi connectivity index (χ3n) is 4.97. The van der Waals surface area contributed by atoms with Crippen molar-refractivity contribution in [3.05, 3.63) is 51.5 Å². The van der Waals surface area contributed by atoms with Crippen LogP contribution in [0.3, 0.4) is 0 Å². The average Bonchev–Trinajstić information content (AvgIpc) is 3.09. The van der Waals surface area contributed by atoms with Gasteiger partial charge in [-0.2, -0.15) is 11.8 Å². The monoisotopic (exact) mass is 500 g/mol. The predicted octanol–water partition coefficient (Wildman–Crippen LogP) is 3.90. The minimum Gasteiger partial charge on any atom is -0.370 e. The number of hydrogen-bond acceptors (Lipinski definition) is 4. The van der Waals surface area contributed by atoms with E-state index in [9.17, 15) is 0 Å². The van der Waals surface area contributed by atoms with Crippen LogP contribution in [0, 0.1) is 0 Å². The van der Waals surface area contributed by atoms with Crippen molar-refractivity contribution >= 4 is 53.0 Å². The van der Waals surface area contributed by atoms with Gasteiger partial charge in [-0.25, -0.2) is 9.98 Å². The van der Waals surface area contributed by atoms with Crippen molar-refractivity contribution in [3.8, 4) is 0 Å². The average molecular weight is 500 g/mol.